The van der Waals surface area contributed by atoms with Crippen LogP contribution in [0.1, 0.15) is 40.0 Å². The number of nitrogens with two attached hydrogens (primary N) is 1. The van der Waals surface area contributed by atoms with Gasteiger partial charge in [0, 0.05) is 13.1 Å². The summed E-state index contributed by atoms with van der Waals surface area (Å²) in [6.45, 7) is 7.23. The molecule has 0 radical (unpaired) electrons. The van der Waals surface area contributed by atoms with Crippen LogP contribution in [0.15, 0.2) is 0 Å². The highest BCUT2D eigenvalue weighted by Crippen LogP contribution is 2.41. The smallest absolute Gasteiger partial charge is 0.407 e. The highest BCUT2D eigenvalue weighted by Gasteiger charge is 2.48. The molecule has 1 heterocycles. The van der Waals surface area contributed by atoms with Crippen LogP contribution in [0.4, 0.5) is 4.79 Å². The van der Waals surface area contributed by atoms with Gasteiger partial charge in [-0.1, -0.05) is 20.8 Å². The predicted octanol–water partition coefficient (Wildman–Crippen LogP) is 1.89. The molecule has 0 aromatic rings. The molecule has 0 bridgehead atoms. The molecule has 0 spiro atoms. The van der Waals surface area contributed by atoms with E-state index in [1.807, 2.05) is 0 Å². The molecular weight excluding hydrogens is 192 g/mol. The second-order valence-corrected chi connectivity index (χ2v) is 5.38. The number of carbonyl (C=O) groups is 1. The van der Waals surface area contributed by atoms with E-state index < -0.39 is 11.6 Å². The van der Waals surface area contributed by atoms with Gasteiger partial charge in [-0.15, -0.1) is 0 Å². The lowest BCUT2D eigenvalue weighted by atomic mass is 9.68. The zero-order valence-electron chi connectivity index (χ0n) is 9.92. The Kier molecular flexibility index (Phi) is 3.28. The molecule has 4 heteroatoms. The molecule has 0 aromatic heterocycles. The van der Waals surface area contributed by atoms with Gasteiger partial charge in [-0.05, 0) is 24.7 Å². The molecule has 1 aliphatic rings. The average molecular weight is 214 g/mol. The van der Waals surface area contributed by atoms with Gasteiger partial charge in [0.05, 0.1) is 5.54 Å². The van der Waals surface area contributed by atoms with Gasteiger partial charge in [-0.2, -0.15) is 0 Å². The largest absolute Gasteiger partial charge is 0.465 e. The molecule has 0 aliphatic carbocycles. The first-order valence-corrected chi connectivity index (χ1v) is 5.56. The van der Waals surface area contributed by atoms with E-state index in [9.17, 15) is 9.90 Å². The Balaban J connectivity index is 3.07. The first-order valence-electron chi connectivity index (χ1n) is 5.56. The van der Waals surface area contributed by atoms with Crippen molar-refractivity contribution in [2.24, 2.45) is 11.1 Å². The number of nitrogens with zero attached hydrogens (tertiary/aromatic N) is 1. The minimum absolute atomic E-state index is 0.111. The zero-order chi connectivity index (χ0) is 11.7. The fourth-order valence-corrected chi connectivity index (χ4v) is 2.61. The molecule has 4 nitrogen and oxygen atoms in total. The number of hydrogen-bond acceptors (Lipinski definition) is 2. The third kappa shape index (κ3) is 1.95. The van der Waals surface area contributed by atoms with Crippen LogP contribution in [0, 0.1) is 5.41 Å². The fraction of sp³-hybridized carbons (Fsp3) is 0.909. The lowest BCUT2D eigenvalue weighted by molar-refractivity contribution is -0.0183. The van der Waals surface area contributed by atoms with Crippen LogP contribution in [0.2, 0.25) is 0 Å². The fourth-order valence-electron chi connectivity index (χ4n) is 2.61. The van der Waals surface area contributed by atoms with Crippen LogP contribution >= 0.6 is 0 Å². The molecule has 15 heavy (non-hydrogen) atoms. The summed E-state index contributed by atoms with van der Waals surface area (Å²) in [4.78, 5) is 12.8. The van der Waals surface area contributed by atoms with Crippen LogP contribution in [-0.4, -0.2) is 34.7 Å². The van der Waals surface area contributed by atoms with Crippen molar-refractivity contribution in [1.82, 2.24) is 4.90 Å². The lowest BCUT2D eigenvalue weighted by Gasteiger charge is -2.53. The molecule has 3 N–H and O–H groups in total. The average Bonchev–Trinajstić information content (AvgIpc) is 2.15. The van der Waals surface area contributed by atoms with Crippen LogP contribution < -0.4 is 5.73 Å². The van der Waals surface area contributed by atoms with Gasteiger partial charge in [-0.25, -0.2) is 4.79 Å². The van der Waals surface area contributed by atoms with Crippen LogP contribution in [-0.2, 0) is 0 Å². The number of amides is 1. The van der Waals surface area contributed by atoms with Crippen molar-refractivity contribution in [2.75, 3.05) is 13.1 Å². The van der Waals surface area contributed by atoms with E-state index in [2.05, 4.69) is 20.8 Å². The first-order chi connectivity index (χ1) is 6.85. The maximum atomic E-state index is 11.2. The van der Waals surface area contributed by atoms with E-state index in [1.165, 1.54) is 0 Å². The Bertz CT molecular complexity index is 247. The van der Waals surface area contributed by atoms with Crippen LogP contribution in [0.3, 0.4) is 0 Å². The number of piperidine rings is 1. The Morgan fingerprint density at radius 2 is 2.07 bits per heavy atom. The summed E-state index contributed by atoms with van der Waals surface area (Å²) in [5.74, 6) is 0. The van der Waals surface area contributed by atoms with Gasteiger partial charge in [0.25, 0.3) is 0 Å². The minimum Gasteiger partial charge on any atom is -0.465 e. The lowest BCUT2D eigenvalue weighted by Crippen LogP contribution is -2.64. The Hall–Kier alpha value is -0.770. The van der Waals surface area contributed by atoms with Crippen molar-refractivity contribution in [1.29, 1.82) is 0 Å². The molecular formula is C11H22N2O2. The third-order valence-corrected chi connectivity index (χ3v) is 3.70. The van der Waals surface area contributed by atoms with E-state index in [0.717, 1.165) is 19.3 Å². The number of likely N-dealkylation sites (tertiary alicyclic amines) is 1. The van der Waals surface area contributed by atoms with Gasteiger partial charge < -0.3 is 15.7 Å². The van der Waals surface area contributed by atoms with Crippen molar-refractivity contribution in [2.45, 2.75) is 45.6 Å². The molecule has 1 atom stereocenters. The maximum absolute atomic E-state index is 11.2. The second-order valence-electron chi connectivity index (χ2n) is 5.38. The third-order valence-electron chi connectivity index (χ3n) is 3.70. The minimum atomic E-state index is -0.838. The zero-order valence-corrected chi connectivity index (χ0v) is 9.92. The number of carboxylic acid groups (broad SMARTS) is 1. The summed E-state index contributed by atoms with van der Waals surface area (Å²) in [6.07, 6.45) is 2.05. The maximum Gasteiger partial charge on any atom is 0.407 e. The number of rotatable bonds is 1. The van der Waals surface area contributed by atoms with Crippen LogP contribution in [0.25, 0.3) is 0 Å². The molecule has 1 aliphatic heterocycles. The van der Waals surface area contributed by atoms with Crippen molar-refractivity contribution >= 4 is 6.09 Å². The highest BCUT2D eigenvalue weighted by molar-refractivity contribution is 5.66. The van der Waals surface area contributed by atoms with Crippen molar-refractivity contribution in [3.8, 4) is 0 Å². The van der Waals surface area contributed by atoms with Gasteiger partial charge in [0.15, 0.2) is 0 Å². The quantitative estimate of drug-likeness (QED) is 0.700. The van der Waals surface area contributed by atoms with Crippen molar-refractivity contribution in [3.05, 3.63) is 0 Å². The second kappa shape index (κ2) is 4.00. The summed E-state index contributed by atoms with van der Waals surface area (Å²) in [5.41, 5.74) is 5.35. The van der Waals surface area contributed by atoms with E-state index in [-0.39, 0.29) is 5.41 Å². The first kappa shape index (κ1) is 12.3. The Morgan fingerprint density at radius 1 is 1.47 bits per heavy atom. The van der Waals surface area contributed by atoms with Gasteiger partial charge in [-0.3, -0.25) is 0 Å². The van der Waals surface area contributed by atoms with Crippen molar-refractivity contribution in [3.63, 3.8) is 0 Å². The molecule has 1 unspecified atom stereocenters. The molecule has 1 amide bonds. The summed E-state index contributed by atoms with van der Waals surface area (Å²) in [6, 6.07) is 0. The molecule has 1 rings (SSSR count). The van der Waals surface area contributed by atoms with E-state index in [0.29, 0.717) is 13.1 Å². The van der Waals surface area contributed by atoms with E-state index in [1.54, 1.807) is 4.90 Å². The van der Waals surface area contributed by atoms with Gasteiger partial charge in [0.1, 0.15) is 0 Å². The summed E-state index contributed by atoms with van der Waals surface area (Å²) in [7, 11) is 0. The van der Waals surface area contributed by atoms with Gasteiger partial charge in [0.2, 0.25) is 0 Å². The summed E-state index contributed by atoms with van der Waals surface area (Å²) in [5, 5.41) is 9.24. The number of hydrogen-bond donors (Lipinski definition) is 2. The van der Waals surface area contributed by atoms with E-state index >= 15 is 0 Å². The molecule has 0 saturated carbocycles. The standard InChI is InChI=1S/C11H22N2O2/c1-10(2,3)11(8-12)6-4-5-7-13(11)9(14)15/h4-8,12H2,1-3H3,(H,14,15). The predicted molar refractivity (Wildman–Crippen MR) is 59.8 cm³/mol. The summed E-state index contributed by atoms with van der Waals surface area (Å²) >= 11 is 0. The van der Waals surface area contributed by atoms with Gasteiger partial charge >= 0.3 is 6.09 Å². The normalized spacial score (nSPS) is 27.9. The molecule has 1 fully saturated rings. The Morgan fingerprint density at radius 3 is 2.40 bits per heavy atom. The monoisotopic (exact) mass is 214 g/mol. The molecule has 1 saturated heterocycles. The van der Waals surface area contributed by atoms with E-state index in [4.69, 9.17) is 5.73 Å². The SMILES string of the molecule is CC(C)(C)C1(CN)CCCCN1C(=O)O. The molecule has 88 valence electrons. The van der Waals surface area contributed by atoms with Crippen LogP contribution in [0.5, 0.6) is 0 Å². The highest BCUT2D eigenvalue weighted by atomic mass is 16.4. The van der Waals surface area contributed by atoms with Crippen molar-refractivity contribution < 1.29 is 9.90 Å². The topological polar surface area (TPSA) is 66.6 Å². The summed E-state index contributed by atoms with van der Waals surface area (Å²) < 4.78 is 0. The Labute approximate surface area is 91.4 Å². The molecule has 0 aromatic carbocycles.